The predicted molar refractivity (Wildman–Crippen MR) is 134 cm³/mol. The number of hydrogen-bond acceptors (Lipinski definition) is 5. The normalized spacial score (nSPS) is 13.8. The van der Waals surface area contributed by atoms with Crippen molar-refractivity contribution in [1.82, 2.24) is 0 Å². The minimum Gasteiger partial charge on any atom is -0.378 e. The molecule has 0 atom stereocenters. The molecule has 3 aromatic rings. The zero-order valence-electron chi connectivity index (χ0n) is 18.2. The number of nitrogens with one attached hydrogen (secondary N) is 2. The first kappa shape index (κ1) is 26.2. The summed E-state index contributed by atoms with van der Waals surface area (Å²) in [6.45, 7) is -0.0486. The largest absolute Gasteiger partial charge is 0.378 e. The average molecular weight is 635 g/mol. The van der Waals surface area contributed by atoms with Crippen molar-refractivity contribution in [3.8, 4) is 0 Å². The van der Waals surface area contributed by atoms with Gasteiger partial charge in [-0.3, -0.25) is 9.52 Å². The lowest BCUT2D eigenvalue weighted by Gasteiger charge is -2.26. The Hall–Kier alpha value is -2.91. The van der Waals surface area contributed by atoms with Crippen molar-refractivity contribution in [2.24, 2.45) is 5.73 Å². The number of carbonyl (C=O) groups is 1. The van der Waals surface area contributed by atoms with E-state index in [0.29, 0.717) is 3.57 Å². The Morgan fingerprint density at radius 3 is 2.33 bits per heavy atom. The van der Waals surface area contributed by atoms with E-state index in [2.05, 4.69) is 10.0 Å². The summed E-state index contributed by atoms with van der Waals surface area (Å²) >= 11 is 1.87. The second-order valence-electron chi connectivity index (χ2n) is 7.96. The Kier molecular flexibility index (Phi) is 7.43. The molecule has 13 heteroatoms. The summed E-state index contributed by atoms with van der Waals surface area (Å²) in [5.41, 5.74) is 3.03. The number of benzene rings is 3. The molecule has 1 aliphatic heterocycles. The van der Waals surface area contributed by atoms with Gasteiger partial charge in [-0.1, -0.05) is 12.1 Å². The zero-order chi connectivity index (χ0) is 26.2. The maximum Gasteiger partial charge on any atom is 0.250 e. The molecule has 7 nitrogen and oxygen atoms in total. The summed E-state index contributed by atoms with van der Waals surface area (Å²) in [4.78, 5) is 12.0. The minimum absolute atomic E-state index is 0.0243. The van der Waals surface area contributed by atoms with E-state index in [4.69, 9.17) is 10.5 Å². The van der Waals surface area contributed by atoms with E-state index in [0.717, 1.165) is 12.1 Å². The van der Waals surface area contributed by atoms with Crippen LogP contribution >= 0.6 is 22.6 Å². The van der Waals surface area contributed by atoms with Crippen LogP contribution in [0, 0.1) is 26.8 Å². The number of halogens is 5. The summed E-state index contributed by atoms with van der Waals surface area (Å²) in [6.07, 6.45) is -0.533. The highest BCUT2D eigenvalue weighted by Crippen LogP contribution is 2.32. The number of ether oxygens (including phenoxy) is 1. The van der Waals surface area contributed by atoms with Crippen LogP contribution in [0.25, 0.3) is 0 Å². The fourth-order valence-corrected chi connectivity index (χ4v) is 5.11. The molecule has 1 aliphatic rings. The lowest BCUT2D eigenvalue weighted by atomic mass is 9.99. The van der Waals surface area contributed by atoms with Gasteiger partial charge in [-0.05, 0) is 64.0 Å². The van der Waals surface area contributed by atoms with Gasteiger partial charge in [-0.15, -0.1) is 0 Å². The van der Waals surface area contributed by atoms with Crippen molar-refractivity contribution in [3.63, 3.8) is 0 Å². The number of hydrogen-bond donors (Lipinski definition) is 3. The van der Waals surface area contributed by atoms with Gasteiger partial charge in [0.15, 0.2) is 17.5 Å². The van der Waals surface area contributed by atoms with Gasteiger partial charge in [-0.25, -0.2) is 26.0 Å². The van der Waals surface area contributed by atoms with E-state index in [9.17, 15) is 17.6 Å². The third-order valence-electron chi connectivity index (χ3n) is 5.50. The van der Waals surface area contributed by atoms with Gasteiger partial charge in [0.05, 0.1) is 35.8 Å². The monoisotopic (exact) mass is 635 g/mol. The van der Waals surface area contributed by atoms with Gasteiger partial charge in [-0.2, -0.15) is 0 Å². The zero-order valence-corrected chi connectivity index (χ0v) is 21.2. The van der Waals surface area contributed by atoms with Crippen LogP contribution in [0.2, 0.25) is 0 Å². The molecule has 0 unspecified atom stereocenters. The number of sulfonamides is 1. The highest BCUT2D eigenvalue weighted by molar-refractivity contribution is 14.1. The van der Waals surface area contributed by atoms with Gasteiger partial charge in [0, 0.05) is 9.99 Å². The highest BCUT2D eigenvalue weighted by Gasteiger charge is 2.33. The van der Waals surface area contributed by atoms with Gasteiger partial charge in [0.1, 0.15) is 11.1 Å². The van der Waals surface area contributed by atoms with Crippen molar-refractivity contribution < 1.29 is 35.5 Å². The molecule has 190 valence electrons. The molecule has 1 amide bonds. The molecule has 0 saturated carbocycles. The van der Waals surface area contributed by atoms with Gasteiger partial charge in [0.2, 0.25) is 10.0 Å². The second kappa shape index (κ2) is 10.2. The van der Waals surface area contributed by atoms with Crippen molar-refractivity contribution in [1.29, 1.82) is 0 Å². The minimum atomic E-state index is -3.91. The number of anilines is 3. The summed E-state index contributed by atoms with van der Waals surface area (Å²) < 4.78 is 91.6. The van der Waals surface area contributed by atoms with Crippen molar-refractivity contribution in [3.05, 3.63) is 86.0 Å². The number of nitrogens with two attached hydrogens (primary N) is 1. The third-order valence-corrected chi connectivity index (χ3v) is 7.82. The van der Waals surface area contributed by atoms with E-state index < -0.39 is 67.7 Å². The Morgan fingerprint density at radius 1 is 1.00 bits per heavy atom. The van der Waals surface area contributed by atoms with E-state index in [-0.39, 0.29) is 30.2 Å². The van der Waals surface area contributed by atoms with E-state index in [1.54, 1.807) is 0 Å². The van der Waals surface area contributed by atoms with Crippen LogP contribution in [-0.4, -0.2) is 32.8 Å². The molecule has 4 N–H and O–H groups in total. The molecule has 1 fully saturated rings. The van der Waals surface area contributed by atoms with E-state index >= 15 is 13.2 Å². The highest BCUT2D eigenvalue weighted by atomic mass is 127. The smallest absolute Gasteiger partial charge is 0.250 e. The molecule has 1 saturated heterocycles. The molecule has 4 rings (SSSR count). The maximum absolute atomic E-state index is 15.1. The first-order valence-corrected chi connectivity index (χ1v) is 13.0. The first-order chi connectivity index (χ1) is 17.0. The van der Waals surface area contributed by atoms with Crippen molar-refractivity contribution in [2.75, 3.05) is 23.3 Å². The van der Waals surface area contributed by atoms with Crippen LogP contribution in [0.4, 0.5) is 34.6 Å². The molecule has 0 aliphatic carbocycles. The molecular formula is C23H18F4IN3O4S. The second-order valence-corrected chi connectivity index (χ2v) is 11.2. The molecule has 0 bridgehead atoms. The molecule has 1 heterocycles. The van der Waals surface area contributed by atoms with Gasteiger partial charge in [0.25, 0.3) is 5.91 Å². The van der Waals surface area contributed by atoms with Crippen LogP contribution in [0.1, 0.15) is 21.5 Å². The maximum atomic E-state index is 15.1. The van der Waals surface area contributed by atoms with Crippen molar-refractivity contribution in [2.45, 2.75) is 11.7 Å². The number of rotatable bonds is 8. The lowest BCUT2D eigenvalue weighted by molar-refractivity contribution is 0.0418. The van der Waals surface area contributed by atoms with Gasteiger partial charge >= 0.3 is 0 Å². The number of carbonyl (C=O) groups excluding carboxylic acids is 1. The first-order valence-electron chi connectivity index (χ1n) is 10.4. The van der Waals surface area contributed by atoms with Crippen LogP contribution in [0.15, 0.2) is 42.5 Å². The van der Waals surface area contributed by atoms with Crippen LogP contribution < -0.4 is 15.8 Å². The molecule has 0 spiro atoms. The molecule has 0 aromatic heterocycles. The molecule has 3 aromatic carbocycles. The van der Waals surface area contributed by atoms with Crippen LogP contribution in [0.5, 0.6) is 0 Å². The summed E-state index contributed by atoms with van der Waals surface area (Å²) in [6, 6.07) is 8.67. The van der Waals surface area contributed by atoms with E-state index in [1.807, 2.05) is 22.6 Å². The molecule has 0 radical (unpaired) electrons. The Bertz CT molecular complexity index is 1470. The standard InChI is InChI=1S/C23H18F4IN3O4S/c24-16-8-13(28)4-5-17(16)30-22-15(23(29)32)7-12(20(26)21(22)27)6-11-2-1-3-18(19(11)25)31-36(33,34)14-9-35-10-14/h1-5,7-8,14,30-31H,6,9-10H2,(H2,29,32). The quantitative estimate of drug-likeness (QED) is 0.251. The topological polar surface area (TPSA) is 111 Å². The Balaban J connectivity index is 1.68. The fraction of sp³-hybridized carbons (Fsp3) is 0.174. The lowest BCUT2D eigenvalue weighted by Crippen LogP contribution is -2.43. The molecule has 36 heavy (non-hydrogen) atoms. The number of amides is 1. The average Bonchev–Trinajstić information content (AvgIpc) is 2.75. The summed E-state index contributed by atoms with van der Waals surface area (Å²) in [5.74, 6) is -5.82. The van der Waals surface area contributed by atoms with Crippen LogP contribution in [-0.2, 0) is 21.2 Å². The number of primary amides is 1. The van der Waals surface area contributed by atoms with Gasteiger partial charge < -0.3 is 15.8 Å². The SMILES string of the molecule is NC(=O)c1cc(Cc2cccc(NS(=O)(=O)C3COC3)c2F)c(F)c(F)c1Nc1ccc(I)cc1F. The van der Waals surface area contributed by atoms with Crippen LogP contribution in [0.3, 0.4) is 0 Å². The third kappa shape index (κ3) is 5.27. The Morgan fingerprint density at radius 2 is 1.72 bits per heavy atom. The predicted octanol–water partition coefficient (Wildman–Crippen LogP) is 4.42. The van der Waals surface area contributed by atoms with E-state index in [1.165, 1.54) is 30.3 Å². The molecular weight excluding hydrogens is 617 g/mol. The summed E-state index contributed by atoms with van der Waals surface area (Å²) in [7, 11) is -3.91. The summed E-state index contributed by atoms with van der Waals surface area (Å²) in [5, 5.41) is 1.53. The fourth-order valence-electron chi connectivity index (χ4n) is 3.48. The Labute approximate surface area is 217 Å². The van der Waals surface area contributed by atoms with Crippen molar-refractivity contribution >= 4 is 55.6 Å².